The molecule has 0 spiro atoms. The molecule has 12 heavy (non-hydrogen) atoms. The van der Waals surface area contributed by atoms with E-state index in [1.165, 1.54) is 12.8 Å². The predicted octanol–water partition coefficient (Wildman–Crippen LogP) is 3.63. The van der Waals surface area contributed by atoms with Gasteiger partial charge in [0.2, 0.25) is 0 Å². The van der Waals surface area contributed by atoms with Gasteiger partial charge in [0.05, 0.1) is 0 Å². The van der Waals surface area contributed by atoms with E-state index < -0.39 is 0 Å². The van der Waals surface area contributed by atoms with Crippen LogP contribution in [0.25, 0.3) is 0 Å². The Labute approximate surface area is 76.1 Å². The van der Waals surface area contributed by atoms with Crippen molar-refractivity contribution in [1.82, 2.24) is 0 Å². The highest BCUT2D eigenvalue weighted by atomic mass is 14.5. The van der Waals surface area contributed by atoms with Crippen LogP contribution in [0, 0.1) is 23.2 Å². The molecular formula is C12H20. The van der Waals surface area contributed by atoms with Crippen molar-refractivity contribution in [1.29, 1.82) is 0 Å². The molecule has 0 nitrogen and oxygen atoms in total. The minimum absolute atomic E-state index is 0.678. The first-order valence-corrected chi connectivity index (χ1v) is 5.19. The van der Waals surface area contributed by atoms with E-state index in [9.17, 15) is 0 Å². The van der Waals surface area contributed by atoms with Gasteiger partial charge in [-0.2, -0.15) is 0 Å². The second kappa shape index (κ2) is 2.37. The van der Waals surface area contributed by atoms with Crippen LogP contribution in [0.15, 0.2) is 11.6 Å². The van der Waals surface area contributed by atoms with Crippen molar-refractivity contribution in [3.8, 4) is 0 Å². The minimum Gasteiger partial charge on any atom is -0.0816 e. The average Bonchev–Trinajstić information content (AvgIpc) is 2.58. The van der Waals surface area contributed by atoms with E-state index in [0.29, 0.717) is 5.41 Å². The third-order valence-electron chi connectivity index (χ3n) is 4.11. The van der Waals surface area contributed by atoms with Crippen LogP contribution in [0.3, 0.4) is 0 Å². The molecule has 0 heterocycles. The number of hydrogen-bond acceptors (Lipinski definition) is 0. The highest BCUT2D eigenvalue weighted by Gasteiger charge is 2.47. The molecule has 0 amide bonds. The molecule has 3 atom stereocenters. The first-order chi connectivity index (χ1) is 5.50. The fraction of sp³-hybridized carbons (Fsp3) is 0.833. The lowest BCUT2D eigenvalue weighted by atomic mass is 9.73. The van der Waals surface area contributed by atoms with Gasteiger partial charge >= 0.3 is 0 Å². The zero-order chi connectivity index (χ0) is 8.93. The Bertz CT molecular complexity index is 222. The van der Waals surface area contributed by atoms with Gasteiger partial charge in [0.15, 0.2) is 0 Å². The molecule has 2 aliphatic carbocycles. The molecule has 0 aromatic heterocycles. The van der Waals surface area contributed by atoms with Gasteiger partial charge in [-0.15, -0.1) is 0 Å². The highest BCUT2D eigenvalue weighted by molar-refractivity contribution is 5.19. The molecule has 0 heteroatoms. The molecule has 1 fully saturated rings. The summed E-state index contributed by atoms with van der Waals surface area (Å²) in [5, 5.41) is 0. The molecule has 0 radical (unpaired) electrons. The zero-order valence-corrected chi connectivity index (χ0v) is 8.72. The lowest BCUT2D eigenvalue weighted by Gasteiger charge is -2.32. The monoisotopic (exact) mass is 164 g/mol. The van der Waals surface area contributed by atoms with Crippen LogP contribution in [0.2, 0.25) is 0 Å². The maximum atomic E-state index is 2.47. The Kier molecular flexibility index (Phi) is 1.65. The Morgan fingerprint density at radius 2 is 2.08 bits per heavy atom. The maximum Gasteiger partial charge on any atom is -0.0165 e. The van der Waals surface area contributed by atoms with Gasteiger partial charge in [-0.1, -0.05) is 32.4 Å². The lowest BCUT2D eigenvalue weighted by Crippen LogP contribution is -2.21. The molecule has 0 bridgehead atoms. The van der Waals surface area contributed by atoms with Crippen molar-refractivity contribution in [2.24, 2.45) is 23.2 Å². The molecule has 0 aliphatic heterocycles. The average molecular weight is 164 g/mol. The van der Waals surface area contributed by atoms with Gasteiger partial charge in [-0.05, 0) is 42.9 Å². The van der Waals surface area contributed by atoms with E-state index in [2.05, 4.69) is 33.8 Å². The molecule has 2 aliphatic rings. The fourth-order valence-electron chi connectivity index (χ4n) is 2.43. The fourth-order valence-corrected chi connectivity index (χ4v) is 2.43. The maximum absolute atomic E-state index is 2.47. The van der Waals surface area contributed by atoms with Crippen molar-refractivity contribution >= 4 is 0 Å². The van der Waals surface area contributed by atoms with Crippen LogP contribution in [-0.2, 0) is 0 Å². The number of hydrogen-bond donors (Lipinski definition) is 0. The number of rotatable bonds is 2. The van der Waals surface area contributed by atoms with E-state index in [1.54, 1.807) is 5.57 Å². The Balaban J connectivity index is 1.84. The van der Waals surface area contributed by atoms with E-state index >= 15 is 0 Å². The highest BCUT2D eigenvalue weighted by Crippen LogP contribution is 2.56. The zero-order valence-electron chi connectivity index (χ0n) is 8.72. The van der Waals surface area contributed by atoms with Crippen LogP contribution in [0.4, 0.5) is 0 Å². The van der Waals surface area contributed by atoms with Crippen LogP contribution < -0.4 is 0 Å². The van der Waals surface area contributed by atoms with Gasteiger partial charge in [0, 0.05) is 0 Å². The van der Waals surface area contributed by atoms with Crippen molar-refractivity contribution in [2.45, 2.75) is 40.5 Å². The molecular weight excluding hydrogens is 144 g/mol. The third-order valence-corrected chi connectivity index (χ3v) is 4.11. The van der Waals surface area contributed by atoms with Crippen molar-refractivity contribution in [2.75, 3.05) is 0 Å². The molecule has 3 unspecified atom stereocenters. The summed E-state index contributed by atoms with van der Waals surface area (Å²) in [4.78, 5) is 0. The van der Waals surface area contributed by atoms with Crippen LogP contribution >= 0.6 is 0 Å². The first kappa shape index (κ1) is 8.34. The van der Waals surface area contributed by atoms with Gasteiger partial charge in [0.25, 0.3) is 0 Å². The summed E-state index contributed by atoms with van der Waals surface area (Å²) in [7, 11) is 0. The molecule has 1 saturated carbocycles. The Morgan fingerprint density at radius 1 is 1.50 bits per heavy atom. The molecule has 2 rings (SSSR count). The van der Waals surface area contributed by atoms with Crippen LogP contribution in [0.1, 0.15) is 40.5 Å². The quantitative estimate of drug-likeness (QED) is 0.547. The summed E-state index contributed by atoms with van der Waals surface area (Å²) in [6.07, 6.45) is 5.38. The predicted molar refractivity (Wildman–Crippen MR) is 52.9 cm³/mol. The van der Waals surface area contributed by atoms with E-state index in [1.807, 2.05) is 0 Å². The molecule has 0 aromatic carbocycles. The van der Waals surface area contributed by atoms with Crippen molar-refractivity contribution in [3.05, 3.63) is 11.6 Å². The van der Waals surface area contributed by atoms with Gasteiger partial charge in [-0.25, -0.2) is 0 Å². The van der Waals surface area contributed by atoms with E-state index in [-0.39, 0.29) is 0 Å². The summed E-state index contributed by atoms with van der Waals surface area (Å²) in [6, 6.07) is 0. The molecule has 0 saturated heterocycles. The first-order valence-electron chi connectivity index (χ1n) is 5.19. The molecule has 0 N–H and O–H groups in total. The molecule has 0 aromatic rings. The summed E-state index contributed by atoms with van der Waals surface area (Å²) < 4.78 is 0. The van der Waals surface area contributed by atoms with Crippen LogP contribution in [0.5, 0.6) is 0 Å². The largest absolute Gasteiger partial charge is 0.0816 e. The second-order valence-corrected chi connectivity index (χ2v) is 5.49. The van der Waals surface area contributed by atoms with E-state index in [4.69, 9.17) is 0 Å². The lowest BCUT2D eigenvalue weighted by molar-refractivity contribution is 0.358. The topological polar surface area (TPSA) is 0 Å². The summed E-state index contributed by atoms with van der Waals surface area (Å²) in [5.74, 6) is 2.81. The van der Waals surface area contributed by atoms with Crippen molar-refractivity contribution < 1.29 is 0 Å². The third kappa shape index (κ3) is 1.22. The Morgan fingerprint density at radius 3 is 2.42 bits per heavy atom. The SMILES string of the molecule is CC1=CC(CC2CC2(C)C)C1C. The standard InChI is InChI=1S/C12H20/c1-8-5-10(9(8)2)6-11-7-12(11,3)4/h5,9-11H,6-7H2,1-4H3. The second-order valence-electron chi connectivity index (χ2n) is 5.49. The minimum atomic E-state index is 0.678. The summed E-state index contributed by atoms with van der Waals surface area (Å²) in [6.45, 7) is 9.43. The smallest absolute Gasteiger partial charge is 0.0165 e. The number of allylic oxidation sites excluding steroid dienone is 2. The summed E-state index contributed by atoms with van der Waals surface area (Å²) in [5.41, 5.74) is 2.29. The molecule has 68 valence electrons. The van der Waals surface area contributed by atoms with E-state index in [0.717, 1.165) is 17.8 Å². The normalized spacial score (nSPS) is 43.3. The van der Waals surface area contributed by atoms with Gasteiger partial charge < -0.3 is 0 Å². The summed E-state index contributed by atoms with van der Waals surface area (Å²) >= 11 is 0. The van der Waals surface area contributed by atoms with Gasteiger partial charge in [0.1, 0.15) is 0 Å². The van der Waals surface area contributed by atoms with Gasteiger partial charge in [-0.3, -0.25) is 0 Å². The van der Waals surface area contributed by atoms with Crippen molar-refractivity contribution in [3.63, 3.8) is 0 Å². The van der Waals surface area contributed by atoms with Crippen LogP contribution in [-0.4, -0.2) is 0 Å². The Hall–Kier alpha value is -0.260.